The largest absolute Gasteiger partial charge is 0.366 e. The summed E-state index contributed by atoms with van der Waals surface area (Å²) in [4.78, 5) is 23.7. The first-order chi connectivity index (χ1) is 14.6. The lowest BCUT2D eigenvalue weighted by molar-refractivity contribution is 0.0998. The number of anilines is 2. The first kappa shape index (κ1) is 22.3. The molecular weight excluding hydrogens is 438 g/mol. The molecule has 9 heteroatoms. The van der Waals surface area contributed by atoms with Gasteiger partial charge in [-0.25, -0.2) is 8.42 Å². The normalized spacial score (nSPS) is 11.1. The Balaban J connectivity index is 1.85. The van der Waals surface area contributed by atoms with Gasteiger partial charge in [0.1, 0.15) is 0 Å². The van der Waals surface area contributed by atoms with Gasteiger partial charge in [0, 0.05) is 16.9 Å². The number of aryl methyl sites for hydroxylation is 2. The van der Waals surface area contributed by atoms with Crippen molar-refractivity contribution in [2.75, 3.05) is 10.0 Å². The third-order valence-corrected chi connectivity index (χ3v) is 6.39. The number of benzene rings is 3. The lowest BCUT2D eigenvalue weighted by Gasteiger charge is -2.12. The minimum atomic E-state index is -3.94. The molecule has 2 amide bonds. The van der Waals surface area contributed by atoms with Crippen LogP contribution < -0.4 is 15.8 Å². The van der Waals surface area contributed by atoms with Crippen LogP contribution >= 0.6 is 11.6 Å². The minimum absolute atomic E-state index is 0.0105. The molecule has 7 nitrogen and oxygen atoms in total. The lowest BCUT2D eigenvalue weighted by atomic mass is 10.1. The fourth-order valence-corrected chi connectivity index (χ4v) is 4.06. The van der Waals surface area contributed by atoms with Gasteiger partial charge in [-0.2, -0.15) is 0 Å². The van der Waals surface area contributed by atoms with Crippen molar-refractivity contribution in [3.8, 4) is 0 Å². The predicted molar refractivity (Wildman–Crippen MR) is 121 cm³/mol. The number of carbonyl (C=O) groups excluding carboxylic acids is 2. The Bertz CT molecular complexity index is 1270. The van der Waals surface area contributed by atoms with Gasteiger partial charge in [0.2, 0.25) is 5.91 Å². The van der Waals surface area contributed by atoms with Gasteiger partial charge < -0.3 is 11.1 Å². The van der Waals surface area contributed by atoms with Gasteiger partial charge in [-0.15, -0.1) is 0 Å². The summed E-state index contributed by atoms with van der Waals surface area (Å²) < 4.78 is 28.1. The smallest absolute Gasteiger partial charge is 0.261 e. The van der Waals surface area contributed by atoms with Gasteiger partial charge in [0.25, 0.3) is 15.9 Å². The molecule has 31 heavy (non-hydrogen) atoms. The monoisotopic (exact) mass is 457 g/mol. The molecule has 0 saturated carbocycles. The van der Waals surface area contributed by atoms with E-state index in [1.165, 1.54) is 42.5 Å². The Morgan fingerprint density at radius 1 is 0.871 bits per heavy atom. The molecule has 0 radical (unpaired) electrons. The molecular formula is C22H20ClN3O4S. The molecule has 0 aliphatic carbocycles. The minimum Gasteiger partial charge on any atom is -0.366 e. The molecule has 0 aromatic heterocycles. The molecule has 3 aromatic rings. The predicted octanol–water partition coefficient (Wildman–Crippen LogP) is 4.11. The van der Waals surface area contributed by atoms with Crippen molar-refractivity contribution in [1.82, 2.24) is 0 Å². The van der Waals surface area contributed by atoms with Gasteiger partial charge in [0.05, 0.1) is 15.5 Å². The fraction of sp³-hybridized carbons (Fsp3) is 0.0909. The summed E-state index contributed by atoms with van der Waals surface area (Å²) in [7, 11) is -3.94. The summed E-state index contributed by atoms with van der Waals surface area (Å²) in [6.45, 7) is 3.81. The van der Waals surface area contributed by atoms with Crippen molar-refractivity contribution in [3.63, 3.8) is 0 Å². The second kappa shape index (κ2) is 8.79. The standard InChI is InChI=1S/C22H20ClN3O4S/c1-13-3-6-17(11-14(13)2)26-31(29,30)18-9-10-20(23)19(12-18)22(28)25-16-7-4-15(5-8-16)21(24)27/h3-12,26H,1-2H3,(H2,24,27)(H,25,28). The number of nitrogens with two attached hydrogens (primary N) is 1. The number of halogens is 1. The summed E-state index contributed by atoms with van der Waals surface area (Å²) in [6, 6.07) is 15.0. The van der Waals surface area contributed by atoms with Crippen molar-refractivity contribution in [2.45, 2.75) is 18.7 Å². The van der Waals surface area contributed by atoms with Crippen LogP contribution in [0.3, 0.4) is 0 Å². The maximum atomic E-state index is 12.8. The average molecular weight is 458 g/mol. The van der Waals surface area contributed by atoms with Crippen molar-refractivity contribution in [1.29, 1.82) is 0 Å². The molecule has 0 aliphatic rings. The zero-order valence-electron chi connectivity index (χ0n) is 16.8. The highest BCUT2D eigenvalue weighted by molar-refractivity contribution is 7.92. The number of carbonyl (C=O) groups is 2. The van der Waals surface area contributed by atoms with E-state index in [1.54, 1.807) is 12.1 Å². The van der Waals surface area contributed by atoms with Crippen LogP contribution in [0.5, 0.6) is 0 Å². The summed E-state index contributed by atoms with van der Waals surface area (Å²) >= 11 is 6.14. The summed E-state index contributed by atoms with van der Waals surface area (Å²) in [6.07, 6.45) is 0. The quantitative estimate of drug-likeness (QED) is 0.516. The molecule has 4 N–H and O–H groups in total. The molecule has 3 rings (SSSR count). The Hall–Kier alpha value is -3.36. The highest BCUT2D eigenvalue weighted by Gasteiger charge is 2.19. The summed E-state index contributed by atoms with van der Waals surface area (Å²) in [5, 5.41) is 2.71. The molecule has 160 valence electrons. The van der Waals surface area contributed by atoms with Gasteiger partial charge >= 0.3 is 0 Å². The van der Waals surface area contributed by atoms with E-state index in [0.29, 0.717) is 16.9 Å². The van der Waals surface area contributed by atoms with Crippen molar-refractivity contribution >= 4 is 44.8 Å². The lowest BCUT2D eigenvalue weighted by Crippen LogP contribution is -2.17. The van der Waals surface area contributed by atoms with Crippen molar-refractivity contribution in [3.05, 3.63) is 87.9 Å². The first-order valence-electron chi connectivity index (χ1n) is 9.17. The van der Waals surface area contributed by atoms with Crippen LogP contribution in [-0.2, 0) is 10.0 Å². The Labute approximate surface area is 185 Å². The fourth-order valence-electron chi connectivity index (χ4n) is 2.78. The van der Waals surface area contributed by atoms with E-state index in [1.807, 2.05) is 19.9 Å². The molecule has 0 saturated heterocycles. The van der Waals surface area contributed by atoms with Crippen LogP contribution in [0, 0.1) is 13.8 Å². The maximum Gasteiger partial charge on any atom is 0.261 e. The zero-order chi connectivity index (χ0) is 22.8. The van der Waals surface area contributed by atoms with E-state index in [-0.39, 0.29) is 15.5 Å². The van der Waals surface area contributed by atoms with E-state index in [0.717, 1.165) is 11.1 Å². The Morgan fingerprint density at radius 3 is 2.13 bits per heavy atom. The molecule has 0 heterocycles. The molecule has 0 aliphatic heterocycles. The Morgan fingerprint density at radius 2 is 1.52 bits per heavy atom. The van der Waals surface area contributed by atoms with E-state index in [4.69, 9.17) is 17.3 Å². The first-order valence-corrected chi connectivity index (χ1v) is 11.0. The van der Waals surface area contributed by atoms with E-state index >= 15 is 0 Å². The van der Waals surface area contributed by atoms with Crippen molar-refractivity contribution in [2.24, 2.45) is 5.73 Å². The van der Waals surface area contributed by atoms with E-state index in [9.17, 15) is 18.0 Å². The van der Waals surface area contributed by atoms with Crippen LogP contribution in [0.2, 0.25) is 5.02 Å². The second-order valence-electron chi connectivity index (χ2n) is 6.94. The average Bonchev–Trinajstić information content (AvgIpc) is 2.71. The van der Waals surface area contributed by atoms with E-state index in [2.05, 4.69) is 10.0 Å². The van der Waals surface area contributed by atoms with Gasteiger partial charge in [-0.1, -0.05) is 17.7 Å². The van der Waals surface area contributed by atoms with Gasteiger partial charge in [0.15, 0.2) is 0 Å². The Kier molecular flexibility index (Phi) is 6.33. The van der Waals surface area contributed by atoms with Crippen LogP contribution in [0.25, 0.3) is 0 Å². The zero-order valence-corrected chi connectivity index (χ0v) is 18.3. The van der Waals surface area contributed by atoms with Crippen LogP contribution in [0.4, 0.5) is 11.4 Å². The van der Waals surface area contributed by atoms with Gasteiger partial charge in [-0.05, 0) is 79.6 Å². The molecule has 0 atom stereocenters. The number of rotatable bonds is 6. The second-order valence-corrected chi connectivity index (χ2v) is 9.03. The molecule has 3 aromatic carbocycles. The third-order valence-electron chi connectivity index (χ3n) is 4.68. The van der Waals surface area contributed by atoms with Gasteiger partial charge in [-0.3, -0.25) is 14.3 Å². The van der Waals surface area contributed by atoms with Crippen molar-refractivity contribution < 1.29 is 18.0 Å². The maximum absolute atomic E-state index is 12.8. The molecule has 0 bridgehead atoms. The summed E-state index contributed by atoms with van der Waals surface area (Å²) in [5.74, 6) is -1.19. The topological polar surface area (TPSA) is 118 Å². The highest BCUT2D eigenvalue weighted by Crippen LogP contribution is 2.24. The third kappa shape index (κ3) is 5.22. The number of sulfonamides is 1. The number of amides is 2. The summed E-state index contributed by atoms with van der Waals surface area (Å²) in [5.41, 5.74) is 8.27. The number of primary amides is 1. The highest BCUT2D eigenvalue weighted by atomic mass is 35.5. The molecule has 0 fully saturated rings. The van der Waals surface area contributed by atoms with E-state index < -0.39 is 21.8 Å². The SMILES string of the molecule is Cc1ccc(NS(=O)(=O)c2ccc(Cl)c(C(=O)Nc3ccc(C(N)=O)cc3)c2)cc1C. The number of nitrogens with one attached hydrogen (secondary N) is 2. The number of hydrogen-bond donors (Lipinski definition) is 3. The molecule has 0 unspecified atom stereocenters. The van der Waals surface area contributed by atoms with Crippen LogP contribution in [0.15, 0.2) is 65.6 Å². The van der Waals surface area contributed by atoms with Crippen LogP contribution in [-0.4, -0.2) is 20.2 Å². The van der Waals surface area contributed by atoms with Crippen LogP contribution in [0.1, 0.15) is 31.8 Å². The molecule has 0 spiro atoms. The number of hydrogen-bond acceptors (Lipinski definition) is 4.